The Kier molecular flexibility index (Phi) is 3.74. The molecule has 0 aromatic heterocycles. The second-order valence-corrected chi connectivity index (χ2v) is 4.15. The van der Waals surface area contributed by atoms with Crippen molar-refractivity contribution in [2.24, 2.45) is 5.92 Å². The number of hydrogen-bond donors (Lipinski definition) is 1. The standard InChI is InChI=1S/C9H17NO.C2H6/c1-7(2)8-6-11-9(10-8)4-3-5-9;1-2/h7-8,10H,3-6H2,1-2H3;1-2H3. The van der Waals surface area contributed by atoms with Crippen molar-refractivity contribution in [1.29, 1.82) is 0 Å². The Balaban J connectivity index is 0.000000396. The lowest BCUT2D eigenvalue weighted by molar-refractivity contribution is -0.0707. The minimum absolute atomic E-state index is 0.120. The minimum Gasteiger partial charge on any atom is -0.359 e. The number of ether oxygens (including phenoxy) is 1. The Hall–Kier alpha value is -0.0800. The molecule has 0 aromatic rings. The van der Waals surface area contributed by atoms with Gasteiger partial charge in [-0.25, -0.2) is 0 Å². The van der Waals surface area contributed by atoms with E-state index < -0.39 is 0 Å². The van der Waals surface area contributed by atoms with Crippen LogP contribution in [0, 0.1) is 5.92 Å². The van der Waals surface area contributed by atoms with Gasteiger partial charge in [0.05, 0.1) is 6.61 Å². The highest BCUT2D eigenvalue weighted by molar-refractivity contribution is 4.95. The van der Waals surface area contributed by atoms with E-state index in [4.69, 9.17) is 4.74 Å². The fraction of sp³-hybridized carbons (Fsp3) is 1.00. The predicted molar refractivity (Wildman–Crippen MR) is 55.6 cm³/mol. The van der Waals surface area contributed by atoms with Gasteiger partial charge in [-0.2, -0.15) is 0 Å². The molecular formula is C11H23NO. The average Bonchev–Trinajstić information content (AvgIpc) is 2.51. The second-order valence-electron chi connectivity index (χ2n) is 4.15. The molecule has 1 saturated heterocycles. The first kappa shape index (κ1) is 11.0. The fourth-order valence-corrected chi connectivity index (χ4v) is 1.82. The molecule has 0 bridgehead atoms. The maximum Gasteiger partial charge on any atom is 0.119 e. The molecule has 1 heterocycles. The largest absolute Gasteiger partial charge is 0.359 e. The van der Waals surface area contributed by atoms with Crippen LogP contribution >= 0.6 is 0 Å². The molecular weight excluding hydrogens is 162 g/mol. The van der Waals surface area contributed by atoms with Gasteiger partial charge in [0, 0.05) is 6.04 Å². The molecule has 1 aliphatic carbocycles. The third-order valence-electron chi connectivity index (χ3n) is 2.95. The molecule has 1 aliphatic heterocycles. The third-order valence-corrected chi connectivity index (χ3v) is 2.95. The van der Waals surface area contributed by atoms with Crippen LogP contribution in [0.4, 0.5) is 0 Å². The maximum absolute atomic E-state index is 5.74. The molecule has 13 heavy (non-hydrogen) atoms. The SMILES string of the molecule is CC.CC(C)C1COC2(CCC2)N1. The van der Waals surface area contributed by atoms with Crippen LogP contribution in [0.1, 0.15) is 47.0 Å². The summed E-state index contributed by atoms with van der Waals surface area (Å²) in [5.74, 6) is 0.704. The van der Waals surface area contributed by atoms with E-state index in [2.05, 4.69) is 19.2 Å². The Morgan fingerprint density at radius 3 is 2.15 bits per heavy atom. The van der Waals surface area contributed by atoms with Crippen LogP contribution in [0.15, 0.2) is 0 Å². The number of rotatable bonds is 1. The summed E-state index contributed by atoms with van der Waals surface area (Å²) in [5, 5.41) is 3.58. The summed E-state index contributed by atoms with van der Waals surface area (Å²) in [6, 6.07) is 0.593. The van der Waals surface area contributed by atoms with Gasteiger partial charge in [0.15, 0.2) is 0 Å². The van der Waals surface area contributed by atoms with Crippen LogP contribution in [0.5, 0.6) is 0 Å². The van der Waals surface area contributed by atoms with Crippen LogP contribution in [0.2, 0.25) is 0 Å². The summed E-state index contributed by atoms with van der Waals surface area (Å²) >= 11 is 0. The van der Waals surface area contributed by atoms with Crippen molar-refractivity contribution in [1.82, 2.24) is 5.32 Å². The Morgan fingerprint density at radius 1 is 1.31 bits per heavy atom. The van der Waals surface area contributed by atoms with Gasteiger partial charge in [0.2, 0.25) is 0 Å². The smallest absolute Gasteiger partial charge is 0.119 e. The highest BCUT2D eigenvalue weighted by Crippen LogP contribution is 2.37. The molecule has 1 spiro atoms. The molecule has 78 valence electrons. The van der Waals surface area contributed by atoms with Crippen molar-refractivity contribution in [3.05, 3.63) is 0 Å². The van der Waals surface area contributed by atoms with Crippen molar-refractivity contribution in [2.45, 2.75) is 58.7 Å². The van der Waals surface area contributed by atoms with Gasteiger partial charge in [-0.3, -0.25) is 5.32 Å². The predicted octanol–water partition coefficient (Wildman–Crippen LogP) is 2.54. The van der Waals surface area contributed by atoms with Gasteiger partial charge in [0.25, 0.3) is 0 Å². The molecule has 1 atom stereocenters. The van der Waals surface area contributed by atoms with E-state index in [1.165, 1.54) is 19.3 Å². The number of hydrogen-bond acceptors (Lipinski definition) is 2. The van der Waals surface area contributed by atoms with Gasteiger partial charge in [-0.15, -0.1) is 0 Å². The fourth-order valence-electron chi connectivity index (χ4n) is 1.82. The Bertz CT molecular complexity index is 152. The zero-order chi connectivity index (χ0) is 9.90. The molecule has 0 amide bonds. The van der Waals surface area contributed by atoms with Gasteiger partial charge >= 0.3 is 0 Å². The van der Waals surface area contributed by atoms with Crippen LogP contribution in [0.3, 0.4) is 0 Å². The maximum atomic E-state index is 5.74. The molecule has 1 unspecified atom stereocenters. The lowest BCUT2D eigenvalue weighted by atomic mass is 9.88. The van der Waals surface area contributed by atoms with Gasteiger partial charge in [-0.05, 0) is 25.2 Å². The first-order valence-electron chi connectivity index (χ1n) is 5.63. The molecule has 1 saturated carbocycles. The van der Waals surface area contributed by atoms with Crippen LogP contribution in [-0.4, -0.2) is 18.4 Å². The summed E-state index contributed by atoms with van der Waals surface area (Å²) in [4.78, 5) is 0. The Morgan fingerprint density at radius 2 is 1.92 bits per heavy atom. The van der Waals surface area contributed by atoms with Crippen molar-refractivity contribution in [3.63, 3.8) is 0 Å². The molecule has 0 radical (unpaired) electrons. The van der Waals surface area contributed by atoms with Gasteiger partial charge in [0.1, 0.15) is 5.72 Å². The average molecular weight is 185 g/mol. The van der Waals surface area contributed by atoms with E-state index >= 15 is 0 Å². The van der Waals surface area contributed by atoms with Crippen molar-refractivity contribution >= 4 is 0 Å². The first-order chi connectivity index (χ1) is 6.22. The summed E-state index contributed by atoms with van der Waals surface area (Å²) < 4.78 is 5.74. The molecule has 0 aromatic carbocycles. The lowest BCUT2D eigenvalue weighted by Gasteiger charge is -2.37. The van der Waals surface area contributed by atoms with Gasteiger partial charge in [-0.1, -0.05) is 27.7 Å². The summed E-state index contributed by atoms with van der Waals surface area (Å²) in [6.07, 6.45) is 3.77. The minimum atomic E-state index is 0.120. The lowest BCUT2D eigenvalue weighted by Crippen LogP contribution is -2.50. The van der Waals surface area contributed by atoms with E-state index in [1.54, 1.807) is 0 Å². The van der Waals surface area contributed by atoms with Crippen molar-refractivity contribution in [2.75, 3.05) is 6.61 Å². The Labute approximate surface area is 82.0 Å². The second kappa shape index (κ2) is 4.43. The molecule has 2 heteroatoms. The number of nitrogens with one attached hydrogen (secondary N) is 1. The molecule has 2 nitrogen and oxygen atoms in total. The normalized spacial score (nSPS) is 29.8. The molecule has 1 N–H and O–H groups in total. The topological polar surface area (TPSA) is 21.3 Å². The molecule has 2 aliphatic rings. The van der Waals surface area contributed by atoms with E-state index in [9.17, 15) is 0 Å². The van der Waals surface area contributed by atoms with Gasteiger partial charge < -0.3 is 4.74 Å². The zero-order valence-corrected chi connectivity index (χ0v) is 9.39. The van der Waals surface area contributed by atoms with Crippen molar-refractivity contribution < 1.29 is 4.74 Å². The van der Waals surface area contributed by atoms with Crippen LogP contribution in [0.25, 0.3) is 0 Å². The zero-order valence-electron chi connectivity index (χ0n) is 9.39. The molecule has 2 rings (SSSR count). The van der Waals surface area contributed by atoms with E-state index in [0.29, 0.717) is 12.0 Å². The first-order valence-corrected chi connectivity index (χ1v) is 5.63. The third kappa shape index (κ3) is 2.23. The summed E-state index contributed by atoms with van der Waals surface area (Å²) in [7, 11) is 0. The quantitative estimate of drug-likeness (QED) is 0.678. The van der Waals surface area contributed by atoms with E-state index in [1.807, 2.05) is 13.8 Å². The van der Waals surface area contributed by atoms with E-state index in [0.717, 1.165) is 6.61 Å². The summed E-state index contributed by atoms with van der Waals surface area (Å²) in [5.41, 5.74) is 0.120. The van der Waals surface area contributed by atoms with E-state index in [-0.39, 0.29) is 5.72 Å². The molecule has 2 fully saturated rings. The van der Waals surface area contributed by atoms with Crippen LogP contribution in [-0.2, 0) is 4.74 Å². The highest BCUT2D eigenvalue weighted by Gasteiger charge is 2.44. The highest BCUT2D eigenvalue weighted by atomic mass is 16.5. The van der Waals surface area contributed by atoms with Crippen molar-refractivity contribution in [3.8, 4) is 0 Å². The summed E-state index contributed by atoms with van der Waals surface area (Å²) in [6.45, 7) is 9.41. The monoisotopic (exact) mass is 185 g/mol. The van der Waals surface area contributed by atoms with Crippen LogP contribution < -0.4 is 5.32 Å².